The number of hydrogen-bond donors (Lipinski definition) is 3. The molecule has 1 fully saturated rings. The van der Waals surface area contributed by atoms with Gasteiger partial charge in [0.1, 0.15) is 0 Å². The number of aromatic nitrogens is 1. The van der Waals surface area contributed by atoms with Gasteiger partial charge in [-0.05, 0) is 61.9 Å². The lowest BCUT2D eigenvalue weighted by Crippen LogP contribution is -2.68. The van der Waals surface area contributed by atoms with Gasteiger partial charge >= 0.3 is 6.18 Å². The number of nitrogens with zero attached hydrogens (tertiary/aromatic N) is 1. The van der Waals surface area contributed by atoms with E-state index in [-0.39, 0.29) is 12.3 Å². The fourth-order valence-corrected chi connectivity index (χ4v) is 4.86. The third-order valence-electron chi connectivity index (χ3n) is 7.01. The van der Waals surface area contributed by atoms with Gasteiger partial charge in [0.2, 0.25) is 5.91 Å². The minimum absolute atomic E-state index is 0.0580. The zero-order chi connectivity index (χ0) is 26.1. The highest BCUT2D eigenvalue weighted by Crippen LogP contribution is 2.35. The first-order valence-electron chi connectivity index (χ1n) is 12.0. The maximum absolute atomic E-state index is 13.0. The number of likely N-dealkylation sites (tertiary alicyclic amines) is 1. The molecular formula is C27H31F3N4O2. The van der Waals surface area contributed by atoms with Crippen molar-refractivity contribution in [3.63, 3.8) is 0 Å². The summed E-state index contributed by atoms with van der Waals surface area (Å²) < 4.78 is 38.8. The number of fused-ring (bicyclic) bond motifs is 1. The molecule has 1 aliphatic heterocycles. The summed E-state index contributed by atoms with van der Waals surface area (Å²) in [4.78, 5) is 30.8. The van der Waals surface area contributed by atoms with Crippen LogP contribution < -0.4 is 11.1 Å². The molecule has 0 saturated carbocycles. The van der Waals surface area contributed by atoms with Crippen LogP contribution in [0.2, 0.25) is 0 Å². The maximum Gasteiger partial charge on any atom is 0.416 e. The first-order chi connectivity index (χ1) is 16.9. The number of aldehydes is 1. The largest absolute Gasteiger partial charge is 0.416 e. The topological polar surface area (TPSA) is 91.2 Å². The molecule has 0 bridgehead atoms. The third-order valence-corrected chi connectivity index (χ3v) is 7.01. The number of para-hydroxylation sites is 1. The number of H-pyrrole nitrogens is 1. The molecule has 4 N–H and O–H groups in total. The van der Waals surface area contributed by atoms with Crippen molar-refractivity contribution in [2.45, 2.75) is 56.4 Å². The molecule has 9 heteroatoms. The maximum atomic E-state index is 13.0. The second-order valence-electron chi connectivity index (χ2n) is 10.1. The lowest BCUT2D eigenvalue weighted by molar-refractivity contribution is -0.137. The Hall–Kier alpha value is -3.17. The van der Waals surface area contributed by atoms with E-state index in [9.17, 15) is 22.8 Å². The third kappa shape index (κ3) is 5.32. The zero-order valence-electron chi connectivity index (χ0n) is 20.4. The van der Waals surface area contributed by atoms with E-state index >= 15 is 0 Å². The Bertz CT molecular complexity index is 1220. The van der Waals surface area contributed by atoms with Gasteiger partial charge in [-0.15, -0.1) is 0 Å². The molecular weight excluding hydrogens is 469 g/mol. The Balaban J connectivity index is 1.58. The van der Waals surface area contributed by atoms with E-state index in [0.29, 0.717) is 25.9 Å². The van der Waals surface area contributed by atoms with Gasteiger partial charge in [-0.25, -0.2) is 0 Å². The quantitative estimate of drug-likeness (QED) is 0.421. The van der Waals surface area contributed by atoms with Gasteiger partial charge in [0, 0.05) is 36.6 Å². The van der Waals surface area contributed by atoms with E-state index in [4.69, 9.17) is 5.73 Å². The minimum Gasteiger partial charge on any atom is -0.361 e. The summed E-state index contributed by atoms with van der Waals surface area (Å²) in [5.41, 5.74) is 5.52. The molecule has 1 atom stereocenters. The van der Waals surface area contributed by atoms with Crippen LogP contribution in [0.1, 0.15) is 49.3 Å². The van der Waals surface area contributed by atoms with E-state index in [1.165, 1.54) is 12.1 Å². The van der Waals surface area contributed by atoms with Crippen molar-refractivity contribution in [3.05, 3.63) is 71.4 Å². The summed E-state index contributed by atoms with van der Waals surface area (Å²) in [6.45, 7) is 4.14. The lowest BCUT2D eigenvalue weighted by atomic mass is 9.86. The number of benzene rings is 2. The molecule has 1 aromatic heterocycles. The Morgan fingerprint density at radius 3 is 2.33 bits per heavy atom. The van der Waals surface area contributed by atoms with Crippen LogP contribution in [0.5, 0.6) is 0 Å². The standard InChI is InChI=1S/C27H31F3N4O2/c1-25(2,31)24(36)33-26(17-35,15-20-16-32-23-6-4-3-5-22(20)23)34-13-11-19(12-14-34)18-7-9-21(10-8-18)27(28,29)30/h3-10,16-17,19,32H,11-15,31H2,1-2H3,(H,33,36). The number of piperidine rings is 1. The molecule has 0 radical (unpaired) electrons. The Labute approximate surface area is 208 Å². The summed E-state index contributed by atoms with van der Waals surface area (Å²) in [6, 6.07) is 13.0. The Kier molecular flexibility index (Phi) is 6.99. The van der Waals surface area contributed by atoms with Crippen molar-refractivity contribution in [1.82, 2.24) is 15.2 Å². The average Bonchev–Trinajstić information content (AvgIpc) is 3.25. The van der Waals surface area contributed by atoms with Crippen LogP contribution in [0.4, 0.5) is 13.2 Å². The van der Waals surface area contributed by atoms with E-state index in [1.54, 1.807) is 13.8 Å². The van der Waals surface area contributed by atoms with Crippen molar-refractivity contribution >= 4 is 23.1 Å². The molecule has 1 amide bonds. The SMILES string of the molecule is CC(C)(N)C(=O)NC(C=O)(Cc1c[nH]c2ccccc12)N1CCC(c2ccc(C(F)(F)F)cc2)CC1. The molecule has 3 aromatic rings. The van der Waals surface area contributed by atoms with E-state index in [0.717, 1.165) is 40.4 Å². The fourth-order valence-electron chi connectivity index (χ4n) is 4.86. The highest BCUT2D eigenvalue weighted by Gasteiger charge is 2.43. The number of alkyl halides is 3. The first kappa shape index (κ1) is 25.9. The number of amides is 1. The van der Waals surface area contributed by atoms with Gasteiger partial charge in [-0.3, -0.25) is 14.5 Å². The molecule has 2 heterocycles. The van der Waals surface area contributed by atoms with Gasteiger partial charge in [-0.1, -0.05) is 30.3 Å². The summed E-state index contributed by atoms with van der Waals surface area (Å²) in [5.74, 6) is -0.387. The second-order valence-corrected chi connectivity index (χ2v) is 10.1. The summed E-state index contributed by atoms with van der Waals surface area (Å²) in [6.07, 6.45) is -0.238. The number of nitrogens with two attached hydrogens (primary N) is 1. The van der Waals surface area contributed by atoms with Crippen LogP contribution in [0.3, 0.4) is 0 Å². The van der Waals surface area contributed by atoms with Crippen molar-refractivity contribution in [2.24, 2.45) is 5.73 Å². The predicted molar refractivity (Wildman–Crippen MR) is 132 cm³/mol. The molecule has 4 rings (SSSR count). The van der Waals surface area contributed by atoms with Gasteiger partial charge in [-0.2, -0.15) is 13.2 Å². The molecule has 1 aliphatic rings. The first-order valence-corrected chi connectivity index (χ1v) is 12.0. The molecule has 2 aromatic carbocycles. The van der Waals surface area contributed by atoms with Crippen molar-refractivity contribution in [3.8, 4) is 0 Å². The zero-order valence-corrected chi connectivity index (χ0v) is 20.4. The number of aromatic amines is 1. The normalized spacial score (nSPS) is 17.6. The van der Waals surface area contributed by atoms with Crippen LogP contribution in [-0.2, 0) is 22.2 Å². The minimum atomic E-state index is -4.37. The number of halogens is 3. The lowest BCUT2D eigenvalue weighted by Gasteiger charge is -2.45. The van der Waals surface area contributed by atoms with Crippen LogP contribution in [0.25, 0.3) is 10.9 Å². The Morgan fingerprint density at radius 2 is 1.75 bits per heavy atom. The van der Waals surface area contributed by atoms with Crippen LogP contribution in [0.15, 0.2) is 54.7 Å². The average molecular weight is 501 g/mol. The second kappa shape index (κ2) is 9.71. The number of carbonyl (C=O) groups is 2. The van der Waals surface area contributed by atoms with Crippen LogP contribution in [-0.4, -0.2) is 46.4 Å². The monoisotopic (exact) mass is 500 g/mol. The summed E-state index contributed by atoms with van der Waals surface area (Å²) >= 11 is 0. The van der Waals surface area contributed by atoms with Gasteiger partial charge in [0.05, 0.1) is 11.1 Å². The molecule has 0 aliphatic carbocycles. The number of carbonyl (C=O) groups excluding carboxylic acids is 2. The molecule has 0 spiro atoms. The van der Waals surface area contributed by atoms with Crippen molar-refractivity contribution in [2.75, 3.05) is 13.1 Å². The van der Waals surface area contributed by atoms with E-state index < -0.39 is 28.8 Å². The summed E-state index contributed by atoms with van der Waals surface area (Å²) in [5, 5.41) is 3.89. The smallest absolute Gasteiger partial charge is 0.361 e. The molecule has 6 nitrogen and oxygen atoms in total. The molecule has 1 unspecified atom stereocenters. The number of nitrogens with one attached hydrogen (secondary N) is 2. The van der Waals surface area contributed by atoms with Gasteiger partial charge in [0.25, 0.3) is 0 Å². The van der Waals surface area contributed by atoms with E-state index in [2.05, 4.69) is 10.3 Å². The number of rotatable bonds is 7. The fraction of sp³-hybridized carbons (Fsp3) is 0.407. The summed E-state index contributed by atoms with van der Waals surface area (Å²) in [7, 11) is 0. The molecule has 192 valence electrons. The van der Waals surface area contributed by atoms with Gasteiger partial charge < -0.3 is 16.0 Å². The molecule has 36 heavy (non-hydrogen) atoms. The van der Waals surface area contributed by atoms with Crippen molar-refractivity contribution < 1.29 is 22.8 Å². The van der Waals surface area contributed by atoms with E-state index in [1.807, 2.05) is 35.4 Å². The van der Waals surface area contributed by atoms with Crippen LogP contribution in [0, 0.1) is 0 Å². The predicted octanol–water partition coefficient (Wildman–Crippen LogP) is 4.36. The Morgan fingerprint density at radius 1 is 1.11 bits per heavy atom. The van der Waals surface area contributed by atoms with Crippen LogP contribution >= 0.6 is 0 Å². The highest BCUT2D eigenvalue weighted by molar-refractivity contribution is 5.89. The van der Waals surface area contributed by atoms with Crippen molar-refractivity contribution in [1.29, 1.82) is 0 Å². The van der Waals surface area contributed by atoms with Gasteiger partial charge in [0.15, 0.2) is 11.9 Å². The molecule has 1 saturated heterocycles. The highest BCUT2D eigenvalue weighted by atomic mass is 19.4. The number of hydrogen-bond acceptors (Lipinski definition) is 4.